The Labute approximate surface area is 138 Å². The van der Waals surface area contributed by atoms with Crippen LogP contribution in [-0.4, -0.2) is 35.8 Å². The molecule has 0 bridgehead atoms. The normalized spacial score (nSPS) is 27.4. The van der Waals surface area contributed by atoms with Crippen LogP contribution < -0.4 is 5.32 Å². The van der Waals surface area contributed by atoms with Gasteiger partial charge in [0.1, 0.15) is 0 Å². The van der Waals surface area contributed by atoms with Crippen LogP contribution in [0.3, 0.4) is 0 Å². The summed E-state index contributed by atoms with van der Waals surface area (Å²) in [4.78, 5) is 26.0. The number of hydrogen-bond donors (Lipinski definition) is 1. The van der Waals surface area contributed by atoms with E-state index in [1.54, 1.807) is 24.3 Å². The van der Waals surface area contributed by atoms with Gasteiger partial charge in [-0.05, 0) is 43.4 Å². The summed E-state index contributed by atoms with van der Waals surface area (Å²) in [5.74, 6) is 1.18. The van der Waals surface area contributed by atoms with Crippen LogP contribution in [0.15, 0.2) is 24.3 Å². The third-order valence-electron chi connectivity index (χ3n) is 5.55. The molecule has 0 saturated heterocycles. The van der Waals surface area contributed by atoms with Crippen LogP contribution in [0.1, 0.15) is 60.2 Å². The van der Waals surface area contributed by atoms with E-state index in [0.29, 0.717) is 29.6 Å². The van der Waals surface area contributed by atoms with Crippen molar-refractivity contribution < 1.29 is 9.59 Å². The molecule has 0 spiro atoms. The van der Waals surface area contributed by atoms with Crippen molar-refractivity contribution in [1.29, 1.82) is 0 Å². The number of hydrogen-bond acceptors (Lipinski definition) is 3. The van der Waals surface area contributed by atoms with Crippen molar-refractivity contribution in [2.75, 3.05) is 13.1 Å². The second-order valence-electron chi connectivity index (χ2n) is 6.99. The summed E-state index contributed by atoms with van der Waals surface area (Å²) in [5, 5.41) is 3.63. The van der Waals surface area contributed by atoms with Crippen LogP contribution in [-0.2, 0) is 0 Å². The van der Waals surface area contributed by atoms with E-state index in [1.807, 2.05) is 0 Å². The van der Waals surface area contributed by atoms with Crippen LogP contribution in [0.25, 0.3) is 0 Å². The second-order valence-corrected chi connectivity index (χ2v) is 6.99. The summed E-state index contributed by atoms with van der Waals surface area (Å²) in [6, 6.07) is 7.65. The number of nitrogens with one attached hydrogen (secondary N) is 1. The molecule has 1 aromatic rings. The zero-order valence-corrected chi connectivity index (χ0v) is 14.0. The minimum Gasteiger partial charge on any atom is -0.314 e. The quantitative estimate of drug-likeness (QED) is 0.671. The maximum absolute atomic E-state index is 12.3. The molecule has 2 aliphatic rings. The van der Waals surface area contributed by atoms with E-state index in [0.717, 1.165) is 18.9 Å². The molecule has 1 N–H and O–H groups in total. The number of benzene rings is 1. The molecule has 2 amide bonds. The molecular formula is C19H26N2O2. The fourth-order valence-corrected chi connectivity index (χ4v) is 3.84. The van der Waals surface area contributed by atoms with Crippen LogP contribution in [0.2, 0.25) is 0 Å². The lowest BCUT2D eigenvalue weighted by atomic mass is 9.78. The molecule has 1 heterocycles. The van der Waals surface area contributed by atoms with Crippen molar-refractivity contribution in [3.63, 3.8) is 0 Å². The Morgan fingerprint density at radius 3 is 2.39 bits per heavy atom. The smallest absolute Gasteiger partial charge is 0.261 e. The van der Waals surface area contributed by atoms with Crippen molar-refractivity contribution in [3.05, 3.63) is 35.4 Å². The average molecular weight is 314 g/mol. The van der Waals surface area contributed by atoms with E-state index < -0.39 is 0 Å². The zero-order chi connectivity index (χ0) is 16.4. The summed E-state index contributed by atoms with van der Waals surface area (Å²) in [6.45, 7) is 6.01. The van der Waals surface area contributed by atoms with Gasteiger partial charge in [-0.2, -0.15) is 0 Å². The SMILES string of the molecule is CC1CCCC(NCCCN2C(=O)c3ccccc3C2=O)C1C. The lowest BCUT2D eigenvalue weighted by Gasteiger charge is -2.34. The molecular weight excluding hydrogens is 288 g/mol. The number of carbonyl (C=O) groups is 2. The predicted molar refractivity (Wildman–Crippen MR) is 90.4 cm³/mol. The van der Waals surface area contributed by atoms with E-state index in [9.17, 15) is 9.59 Å². The summed E-state index contributed by atoms with van der Waals surface area (Å²) in [7, 11) is 0. The number of nitrogens with zero attached hydrogens (tertiary/aromatic N) is 1. The minimum atomic E-state index is -0.148. The molecule has 1 aliphatic heterocycles. The van der Waals surface area contributed by atoms with Crippen molar-refractivity contribution in [2.24, 2.45) is 11.8 Å². The van der Waals surface area contributed by atoms with Gasteiger partial charge in [0.2, 0.25) is 0 Å². The molecule has 23 heavy (non-hydrogen) atoms. The molecule has 1 fully saturated rings. The summed E-state index contributed by atoms with van der Waals surface area (Å²) in [6.07, 6.45) is 4.66. The minimum absolute atomic E-state index is 0.148. The van der Waals surface area contributed by atoms with Crippen molar-refractivity contribution in [1.82, 2.24) is 10.2 Å². The number of fused-ring (bicyclic) bond motifs is 1. The monoisotopic (exact) mass is 314 g/mol. The Bertz CT molecular complexity index is 564. The van der Waals surface area contributed by atoms with Crippen LogP contribution in [0.5, 0.6) is 0 Å². The summed E-state index contributed by atoms with van der Waals surface area (Å²) >= 11 is 0. The van der Waals surface area contributed by atoms with Gasteiger partial charge in [0.15, 0.2) is 0 Å². The Hall–Kier alpha value is -1.68. The van der Waals surface area contributed by atoms with E-state index in [-0.39, 0.29) is 11.8 Å². The first-order valence-corrected chi connectivity index (χ1v) is 8.78. The fourth-order valence-electron chi connectivity index (χ4n) is 3.84. The zero-order valence-electron chi connectivity index (χ0n) is 14.0. The van der Waals surface area contributed by atoms with Gasteiger partial charge in [0.05, 0.1) is 11.1 Å². The van der Waals surface area contributed by atoms with E-state index in [4.69, 9.17) is 0 Å². The number of amides is 2. The maximum Gasteiger partial charge on any atom is 0.261 e. The van der Waals surface area contributed by atoms with Crippen LogP contribution in [0.4, 0.5) is 0 Å². The molecule has 1 aromatic carbocycles. The van der Waals surface area contributed by atoms with Gasteiger partial charge in [-0.1, -0.05) is 38.8 Å². The van der Waals surface area contributed by atoms with Gasteiger partial charge in [-0.25, -0.2) is 0 Å². The molecule has 1 aliphatic carbocycles. The predicted octanol–water partition coefficient (Wildman–Crippen LogP) is 3.09. The molecule has 1 saturated carbocycles. The molecule has 3 atom stereocenters. The average Bonchev–Trinajstić information content (AvgIpc) is 2.80. The number of imide groups is 1. The van der Waals surface area contributed by atoms with Gasteiger partial charge in [0.25, 0.3) is 11.8 Å². The highest BCUT2D eigenvalue weighted by atomic mass is 16.2. The van der Waals surface area contributed by atoms with E-state index in [2.05, 4.69) is 19.2 Å². The first kappa shape index (κ1) is 16.2. The third kappa shape index (κ3) is 3.18. The lowest BCUT2D eigenvalue weighted by Crippen LogP contribution is -2.42. The third-order valence-corrected chi connectivity index (χ3v) is 5.55. The highest BCUT2D eigenvalue weighted by Gasteiger charge is 2.34. The van der Waals surface area contributed by atoms with E-state index >= 15 is 0 Å². The molecule has 0 radical (unpaired) electrons. The fraction of sp³-hybridized carbons (Fsp3) is 0.579. The van der Waals surface area contributed by atoms with Crippen molar-refractivity contribution in [2.45, 2.75) is 45.6 Å². The molecule has 0 aromatic heterocycles. The lowest BCUT2D eigenvalue weighted by molar-refractivity contribution is 0.0651. The second kappa shape index (κ2) is 6.83. The highest BCUT2D eigenvalue weighted by Crippen LogP contribution is 2.29. The molecule has 4 heteroatoms. The maximum atomic E-state index is 12.3. The standard InChI is InChI=1S/C19H26N2O2/c1-13-7-5-10-17(14(13)2)20-11-6-12-21-18(22)15-8-3-4-9-16(15)19(21)23/h3-4,8-9,13-14,17,20H,5-7,10-12H2,1-2H3. The Balaban J connectivity index is 1.49. The summed E-state index contributed by atoms with van der Waals surface area (Å²) in [5.41, 5.74) is 1.08. The van der Waals surface area contributed by atoms with Gasteiger partial charge in [0, 0.05) is 12.6 Å². The highest BCUT2D eigenvalue weighted by molar-refractivity contribution is 6.21. The first-order chi connectivity index (χ1) is 11.1. The van der Waals surface area contributed by atoms with Crippen molar-refractivity contribution in [3.8, 4) is 0 Å². The van der Waals surface area contributed by atoms with Crippen molar-refractivity contribution >= 4 is 11.8 Å². The van der Waals surface area contributed by atoms with E-state index in [1.165, 1.54) is 24.2 Å². The Morgan fingerprint density at radius 2 is 1.74 bits per heavy atom. The summed E-state index contributed by atoms with van der Waals surface area (Å²) < 4.78 is 0. The molecule has 124 valence electrons. The molecule has 3 rings (SSSR count). The van der Waals surface area contributed by atoms with Gasteiger partial charge >= 0.3 is 0 Å². The molecule has 4 nitrogen and oxygen atoms in total. The van der Waals surface area contributed by atoms with Crippen LogP contribution in [0, 0.1) is 11.8 Å². The van der Waals surface area contributed by atoms with Crippen LogP contribution >= 0.6 is 0 Å². The Kier molecular flexibility index (Phi) is 4.81. The number of rotatable bonds is 5. The molecule has 3 unspecified atom stereocenters. The Morgan fingerprint density at radius 1 is 1.09 bits per heavy atom. The number of carbonyl (C=O) groups excluding carboxylic acids is 2. The topological polar surface area (TPSA) is 49.4 Å². The van der Waals surface area contributed by atoms with Gasteiger partial charge in [-0.3, -0.25) is 14.5 Å². The van der Waals surface area contributed by atoms with Gasteiger partial charge < -0.3 is 5.32 Å². The first-order valence-electron chi connectivity index (χ1n) is 8.78. The largest absolute Gasteiger partial charge is 0.314 e. The van der Waals surface area contributed by atoms with Gasteiger partial charge in [-0.15, -0.1) is 0 Å².